The summed E-state index contributed by atoms with van der Waals surface area (Å²) >= 11 is 0. The normalized spacial score (nSPS) is 30.5. The van der Waals surface area contributed by atoms with Crippen molar-refractivity contribution >= 4 is 5.97 Å². The summed E-state index contributed by atoms with van der Waals surface area (Å²) in [6, 6.07) is 0. The van der Waals surface area contributed by atoms with Crippen molar-refractivity contribution in [1.29, 1.82) is 0 Å². The minimum Gasteiger partial charge on any atom is -0.458 e. The van der Waals surface area contributed by atoms with Crippen molar-refractivity contribution < 1.29 is 14.3 Å². The molecule has 13 heavy (non-hydrogen) atoms. The molecule has 0 aromatic heterocycles. The largest absolute Gasteiger partial charge is 0.458 e. The molecule has 0 aromatic rings. The molecule has 0 N–H and O–H groups in total. The first-order chi connectivity index (χ1) is 5.98. The molecule has 3 heteroatoms. The van der Waals surface area contributed by atoms with E-state index in [9.17, 15) is 4.79 Å². The molecule has 74 valence electrons. The lowest BCUT2D eigenvalue weighted by molar-refractivity contribution is -0.151. The number of hydrogen-bond acceptors (Lipinski definition) is 3. The lowest BCUT2D eigenvalue weighted by Gasteiger charge is -2.31. The highest BCUT2D eigenvalue weighted by Gasteiger charge is 2.41. The molecular formula is C10H16O3. The molecule has 0 unspecified atom stereocenters. The van der Waals surface area contributed by atoms with Gasteiger partial charge in [0.25, 0.3) is 0 Å². The molecule has 3 nitrogen and oxygen atoms in total. The predicted octanol–water partition coefficient (Wildman–Crippen LogP) is 1.53. The fourth-order valence-corrected chi connectivity index (χ4v) is 1.61. The van der Waals surface area contributed by atoms with E-state index in [4.69, 9.17) is 9.47 Å². The van der Waals surface area contributed by atoms with E-state index in [-0.39, 0.29) is 23.6 Å². The number of ether oxygens (including phenoxy) is 2. The molecule has 0 fully saturated rings. The van der Waals surface area contributed by atoms with Crippen molar-refractivity contribution in [2.24, 2.45) is 5.41 Å². The van der Waals surface area contributed by atoms with Crippen molar-refractivity contribution in [2.45, 2.75) is 33.0 Å². The number of methoxy groups -OCH3 is 1. The minimum absolute atomic E-state index is 0.0249. The molecule has 2 atom stereocenters. The van der Waals surface area contributed by atoms with Crippen LogP contribution in [0.3, 0.4) is 0 Å². The van der Waals surface area contributed by atoms with E-state index in [2.05, 4.69) is 0 Å². The molecule has 0 radical (unpaired) electrons. The highest BCUT2D eigenvalue weighted by molar-refractivity contribution is 5.66. The Morgan fingerprint density at radius 3 is 2.23 bits per heavy atom. The van der Waals surface area contributed by atoms with Gasteiger partial charge < -0.3 is 9.47 Å². The summed E-state index contributed by atoms with van der Waals surface area (Å²) < 4.78 is 10.4. The van der Waals surface area contributed by atoms with E-state index in [0.717, 1.165) is 0 Å². The molecule has 0 aliphatic heterocycles. The Bertz CT molecular complexity index is 230. The van der Waals surface area contributed by atoms with E-state index in [0.29, 0.717) is 0 Å². The van der Waals surface area contributed by atoms with Crippen molar-refractivity contribution in [2.75, 3.05) is 7.11 Å². The van der Waals surface area contributed by atoms with Gasteiger partial charge in [-0.3, -0.25) is 4.79 Å². The fraction of sp³-hybridized carbons (Fsp3) is 0.700. The lowest BCUT2D eigenvalue weighted by atomic mass is 9.86. The van der Waals surface area contributed by atoms with Crippen LogP contribution in [0.25, 0.3) is 0 Å². The van der Waals surface area contributed by atoms with E-state index in [1.807, 2.05) is 26.0 Å². The highest BCUT2D eigenvalue weighted by Crippen LogP contribution is 2.36. The van der Waals surface area contributed by atoms with E-state index in [1.165, 1.54) is 6.92 Å². The second-order valence-corrected chi connectivity index (χ2v) is 3.89. The number of carbonyl (C=O) groups excluding carboxylic acids is 1. The molecule has 0 bridgehead atoms. The predicted molar refractivity (Wildman–Crippen MR) is 49.3 cm³/mol. The Kier molecular flexibility index (Phi) is 2.76. The first kappa shape index (κ1) is 10.3. The molecule has 0 aromatic carbocycles. The zero-order valence-corrected chi connectivity index (χ0v) is 8.53. The van der Waals surface area contributed by atoms with Crippen LogP contribution in [0.4, 0.5) is 0 Å². The van der Waals surface area contributed by atoms with E-state index >= 15 is 0 Å². The van der Waals surface area contributed by atoms with Crippen LogP contribution >= 0.6 is 0 Å². The van der Waals surface area contributed by atoms with Gasteiger partial charge in [0.05, 0.1) is 6.10 Å². The van der Waals surface area contributed by atoms with Crippen LogP contribution in [0, 0.1) is 5.41 Å². The molecule has 0 saturated carbocycles. The van der Waals surface area contributed by atoms with Crippen LogP contribution in [0.15, 0.2) is 12.2 Å². The van der Waals surface area contributed by atoms with Crippen molar-refractivity contribution in [3.63, 3.8) is 0 Å². The summed E-state index contributed by atoms with van der Waals surface area (Å²) in [6.07, 6.45) is 3.68. The number of hydrogen-bond donors (Lipinski definition) is 0. The summed E-state index contributed by atoms with van der Waals surface area (Å²) in [5, 5.41) is 0. The average Bonchev–Trinajstić information content (AvgIpc) is 2.26. The smallest absolute Gasteiger partial charge is 0.303 e. The fourth-order valence-electron chi connectivity index (χ4n) is 1.61. The number of esters is 1. The lowest BCUT2D eigenvalue weighted by Crippen LogP contribution is -2.37. The third-order valence-electron chi connectivity index (χ3n) is 2.47. The second-order valence-electron chi connectivity index (χ2n) is 3.89. The summed E-state index contributed by atoms with van der Waals surface area (Å²) in [5.74, 6) is -0.250. The average molecular weight is 184 g/mol. The van der Waals surface area contributed by atoms with Crippen molar-refractivity contribution in [3.8, 4) is 0 Å². The van der Waals surface area contributed by atoms with Crippen LogP contribution in [-0.2, 0) is 14.3 Å². The Hall–Kier alpha value is -0.830. The van der Waals surface area contributed by atoms with Crippen LogP contribution < -0.4 is 0 Å². The van der Waals surface area contributed by atoms with Gasteiger partial charge in [-0.2, -0.15) is 0 Å². The zero-order valence-electron chi connectivity index (χ0n) is 8.53. The summed E-state index contributed by atoms with van der Waals surface area (Å²) in [7, 11) is 1.66. The quantitative estimate of drug-likeness (QED) is 0.482. The van der Waals surface area contributed by atoms with Gasteiger partial charge in [-0.05, 0) is 6.08 Å². The van der Waals surface area contributed by atoms with E-state index < -0.39 is 0 Å². The standard InChI is InChI=1S/C10H16O3/c1-7(11)13-9-6-5-8(12-4)10(9,2)3/h5-6,8-9H,1-4H3/t8-,9+/m0/s1. The second kappa shape index (κ2) is 3.50. The van der Waals surface area contributed by atoms with Crippen molar-refractivity contribution in [3.05, 3.63) is 12.2 Å². The van der Waals surface area contributed by atoms with Gasteiger partial charge in [-0.15, -0.1) is 0 Å². The highest BCUT2D eigenvalue weighted by atomic mass is 16.5. The van der Waals surface area contributed by atoms with Gasteiger partial charge in [-0.1, -0.05) is 19.9 Å². The molecule has 1 aliphatic carbocycles. The maximum Gasteiger partial charge on any atom is 0.303 e. The Balaban J connectivity index is 2.69. The van der Waals surface area contributed by atoms with Gasteiger partial charge in [-0.25, -0.2) is 0 Å². The summed E-state index contributed by atoms with van der Waals surface area (Å²) in [6.45, 7) is 5.47. The van der Waals surface area contributed by atoms with Gasteiger partial charge in [0, 0.05) is 19.4 Å². The number of carbonyl (C=O) groups is 1. The topological polar surface area (TPSA) is 35.5 Å². The molecule has 1 rings (SSSR count). The Morgan fingerprint density at radius 2 is 1.85 bits per heavy atom. The van der Waals surface area contributed by atoms with Crippen LogP contribution in [-0.4, -0.2) is 25.3 Å². The molecular weight excluding hydrogens is 168 g/mol. The first-order valence-corrected chi connectivity index (χ1v) is 4.37. The SMILES string of the molecule is CO[C@H]1C=C[C@@H](OC(C)=O)C1(C)C. The van der Waals surface area contributed by atoms with Crippen molar-refractivity contribution in [1.82, 2.24) is 0 Å². The van der Waals surface area contributed by atoms with Gasteiger partial charge in [0.2, 0.25) is 0 Å². The van der Waals surface area contributed by atoms with Gasteiger partial charge in [0.15, 0.2) is 0 Å². The summed E-state index contributed by atoms with van der Waals surface area (Å²) in [5.41, 5.74) is -0.166. The van der Waals surface area contributed by atoms with Crippen LogP contribution in [0.5, 0.6) is 0 Å². The first-order valence-electron chi connectivity index (χ1n) is 4.37. The van der Waals surface area contributed by atoms with Crippen LogP contribution in [0.2, 0.25) is 0 Å². The number of rotatable bonds is 2. The minimum atomic E-state index is -0.250. The van der Waals surface area contributed by atoms with E-state index in [1.54, 1.807) is 7.11 Å². The molecule has 0 spiro atoms. The third kappa shape index (κ3) is 1.91. The molecule has 0 amide bonds. The van der Waals surface area contributed by atoms with Gasteiger partial charge in [0.1, 0.15) is 6.10 Å². The monoisotopic (exact) mass is 184 g/mol. The molecule has 1 aliphatic rings. The third-order valence-corrected chi connectivity index (χ3v) is 2.47. The van der Waals surface area contributed by atoms with Crippen LogP contribution in [0.1, 0.15) is 20.8 Å². The summed E-state index contributed by atoms with van der Waals surface area (Å²) in [4.78, 5) is 10.8. The maximum atomic E-state index is 10.8. The Morgan fingerprint density at radius 1 is 1.31 bits per heavy atom. The maximum absolute atomic E-state index is 10.8. The Labute approximate surface area is 78.7 Å². The molecule has 0 saturated heterocycles. The van der Waals surface area contributed by atoms with Gasteiger partial charge >= 0.3 is 5.97 Å². The zero-order chi connectivity index (χ0) is 10.1. The molecule has 0 heterocycles.